The van der Waals surface area contributed by atoms with Gasteiger partial charge in [0.25, 0.3) is 11.5 Å². The average Bonchev–Trinajstić information content (AvgIpc) is 2.84. The van der Waals surface area contributed by atoms with E-state index in [2.05, 4.69) is 10.9 Å². The van der Waals surface area contributed by atoms with Crippen molar-refractivity contribution in [2.75, 3.05) is 0 Å². The van der Waals surface area contributed by atoms with Crippen molar-refractivity contribution in [3.63, 3.8) is 0 Å². The molecule has 0 atom stereocenters. The highest BCUT2D eigenvalue weighted by molar-refractivity contribution is 6.00. The zero-order chi connectivity index (χ0) is 20.0. The molecule has 0 heterocycles. The summed E-state index contributed by atoms with van der Waals surface area (Å²) in [6.07, 6.45) is -3.09. The highest BCUT2D eigenvalue weighted by Gasteiger charge is 2.41. The molecule has 0 aromatic heterocycles. The quantitative estimate of drug-likeness (QED) is 0.579. The Kier molecular flexibility index (Phi) is 6.54. The van der Waals surface area contributed by atoms with Gasteiger partial charge in [0.15, 0.2) is 0 Å². The van der Waals surface area contributed by atoms with Crippen molar-refractivity contribution in [2.45, 2.75) is 44.7 Å². The van der Waals surface area contributed by atoms with E-state index >= 15 is 0 Å². The van der Waals surface area contributed by atoms with Crippen LogP contribution in [0, 0.1) is 10.1 Å². The van der Waals surface area contributed by atoms with Gasteiger partial charge in [-0.15, -0.1) is 0 Å². The number of nitro benzene ring substituents is 1. The smallest absolute Gasteiger partial charge is 0.302 e. The van der Waals surface area contributed by atoms with Crippen LogP contribution in [0.2, 0.25) is 0 Å². The lowest BCUT2D eigenvalue weighted by Gasteiger charge is -2.16. The van der Waals surface area contributed by atoms with Gasteiger partial charge < -0.3 is 5.43 Å². The molecule has 146 valence electrons. The predicted molar refractivity (Wildman–Crippen MR) is 89.3 cm³/mol. The lowest BCUT2D eigenvalue weighted by molar-refractivity contribution is -0.384. The van der Waals surface area contributed by atoms with Gasteiger partial charge in [0.2, 0.25) is 5.91 Å². The summed E-state index contributed by atoms with van der Waals surface area (Å²) in [5.74, 6) is -2.43. The number of halogens is 3. The molecule has 0 aliphatic heterocycles. The Balaban J connectivity index is 2.03. The van der Waals surface area contributed by atoms with Crippen molar-refractivity contribution in [3.8, 4) is 0 Å². The van der Waals surface area contributed by atoms with E-state index in [1.807, 2.05) is 0 Å². The number of carbonyl (C=O) groups excluding carboxylic acids is 2. The molecule has 27 heavy (non-hydrogen) atoms. The minimum absolute atomic E-state index is 0.00109. The van der Waals surface area contributed by atoms with Gasteiger partial charge in [-0.1, -0.05) is 18.6 Å². The molecule has 10 heteroatoms. The van der Waals surface area contributed by atoms with E-state index in [9.17, 15) is 32.9 Å². The van der Waals surface area contributed by atoms with Crippen molar-refractivity contribution in [1.82, 2.24) is 10.9 Å². The fourth-order valence-corrected chi connectivity index (χ4v) is 2.75. The number of alkyl halides is 3. The van der Waals surface area contributed by atoms with E-state index in [0.717, 1.165) is 0 Å². The Labute approximate surface area is 152 Å². The Morgan fingerprint density at radius 3 is 2.30 bits per heavy atom. The van der Waals surface area contributed by atoms with Crippen LogP contribution in [0.1, 0.15) is 37.7 Å². The van der Waals surface area contributed by atoms with E-state index in [-0.39, 0.29) is 36.2 Å². The van der Waals surface area contributed by atoms with Crippen molar-refractivity contribution >= 4 is 17.4 Å². The molecular weight excluding hydrogens is 367 g/mol. The summed E-state index contributed by atoms with van der Waals surface area (Å²) in [7, 11) is 0. The number of Topliss-reactive ketones (excluding diaryl/α,β-unsaturated/α-hetero) is 1. The number of allylic oxidation sites excluding steroid dienone is 2. The SMILES string of the molecule is O=C(Cc1ccc([N+](=O)[O-])cc1)NNC1=C(C(=O)C(F)(F)F)CCCCC1. The zero-order valence-electron chi connectivity index (χ0n) is 14.3. The number of nitro groups is 1. The van der Waals surface area contributed by atoms with Crippen LogP contribution >= 0.6 is 0 Å². The van der Waals surface area contributed by atoms with Crippen molar-refractivity contribution in [1.29, 1.82) is 0 Å². The maximum absolute atomic E-state index is 12.8. The lowest BCUT2D eigenvalue weighted by atomic mass is 10.0. The van der Waals surface area contributed by atoms with Gasteiger partial charge in [-0.3, -0.25) is 25.1 Å². The molecule has 0 spiro atoms. The summed E-state index contributed by atoms with van der Waals surface area (Å²) in [5.41, 5.74) is 4.88. The molecule has 0 bridgehead atoms. The summed E-state index contributed by atoms with van der Waals surface area (Å²) >= 11 is 0. The van der Waals surface area contributed by atoms with Crippen LogP contribution in [0.25, 0.3) is 0 Å². The normalized spacial score (nSPS) is 15.1. The number of hydrogen-bond donors (Lipinski definition) is 2. The number of ketones is 1. The second-order valence-electron chi connectivity index (χ2n) is 6.12. The number of nitrogens with one attached hydrogen (secondary N) is 2. The van der Waals surface area contributed by atoms with Gasteiger partial charge in [0, 0.05) is 23.4 Å². The molecule has 0 fully saturated rings. The molecule has 2 N–H and O–H groups in total. The first-order valence-electron chi connectivity index (χ1n) is 8.30. The van der Waals surface area contributed by atoms with Gasteiger partial charge in [-0.05, 0) is 31.2 Å². The number of hydrazine groups is 1. The van der Waals surface area contributed by atoms with Crippen LogP contribution in [0.5, 0.6) is 0 Å². The van der Waals surface area contributed by atoms with Crippen LogP contribution in [0.3, 0.4) is 0 Å². The van der Waals surface area contributed by atoms with Crippen molar-refractivity contribution in [2.24, 2.45) is 0 Å². The summed E-state index contributed by atoms with van der Waals surface area (Å²) in [6.45, 7) is 0. The number of non-ortho nitro benzene ring substituents is 1. The van der Waals surface area contributed by atoms with Gasteiger partial charge in [0.1, 0.15) is 0 Å². The van der Waals surface area contributed by atoms with E-state index in [4.69, 9.17) is 0 Å². The third kappa shape index (κ3) is 5.80. The van der Waals surface area contributed by atoms with Gasteiger partial charge in [-0.2, -0.15) is 13.2 Å². The predicted octanol–water partition coefficient (Wildman–Crippen LogP) is 3.11. The third-order valence-electron chi connectivity index (χ3n) is 4.11. The van der Waals surface area contributed by atoms with E-state index in [1.165, 1.54) is 24.3 Å². The molecule has 1 amide bonds. The summed E-state index contributed by atoms with van der Waals surface area (Å²) < 4.78 is 38.3. The molecule has 2 rings (SSSR count). The van der Waals surface area contributed by atoms with Crippen molar-refractivity contribution < 1.29 is 27.7 Å². The van der Waals surface area contributed by atoms with Crippen LogP contribution in [0.15, 0.2) is 35.5 Å². The highest BCUT2D eigenvalue weighted by Crippen LogP contribution is 2.29. The zero-order valence-corrected chi connectivity index (χ0v) is 14.3. The van der Waals surface area contributed by atoms with Gasteiger partial charge in [-0.25, -0.2) is 0 Å². The minimum Gasteiger partial charge on any atom is -0.302 e. The van der Waals surface area contributed by atoms with E-state index in [0.29, 0.717) is 24.8 Å². The Morgan fingerprint density at radius 2 is 1.70 bits per heavy atom. The van der Waals surface area contributed by atoms with Crippen molar-refractivity contribution in [3.05, 3.63) is 51.2 Å². The first-order chi connectivity index (χ1) is 12.7. The van der Waals surface area contributed by atoms with Gasteiger partial charge >= 0.3 is 6.18 Å². The largest absolute Gasteiger partial charge is 0.454 e. The number of nitrogens with zero attached hydrogens (tertiary/aromatic N) is 1. The van der Waals surface area contributed by atoms with Crippen LogP contribution in [-0.4, -0.2) is 22.8 Å². The van der Waals surface area contributed by atoms with E-state index < -0.39 is 22.8 Å². The molecule has 0 saturated carbocycles. The molecule has 1 aliphatic carbocycles. The second-order valence-corrected chi connectivity index (χ2v) is 6.12. The summed E-state index contributed by atoms with van der Waals surface area (Å²) in [5, 5.41) is 10.6. The molecule has 7 nitrogen and oxygen atoms in total. The first-order valence-corrected chi connectivity index (χ1v) is 8.30. The number of carbonyl (C=O) groups is 2. The molecule has 0 saturated heterocycles. The minimum atomic E-state index is -4.96. The monoisotopic (exact) mass is 385 g/mol. The standard InChI is InChI=1S/C17H18F3N3O4/c18-17(19,20)16(25)13-4-2-1-3-5-14(13)21-22-15(24)10-11-6-8-12(9-7-11)23(26)27/h6-9,21H,1-5,10H2,(H,22,24). The third-order valence-corrected chi connectivity index (χ3v) is 4.11. The second kappa shape index (κ2) is 8.65. The first kappa shape index (κ1) is 20.4. The molecule has 1 aromatic rings. The topological polar surface area (TPSA) is 101 Å². The Bertz CT molecular complexity index is 758. The Hall–Kier alpha value is -2.91. The number of benzene rings is 1. The fraction of sp³-hybridized carbons (Fsp3) is 0.412. The van der Waals surface area contributed by atoms with Gasteiger partial charge in [0.05, 0.1) is 11.3 Å². The number of rotatable bonds is 6. The summed E-state index contributed by atoms with van der Waals surface area (Å²) in [4.78, 5) is 33.6. The van der Waals surface area contributed by atoms with Crippen LogP contribution in [-0.2, 0) is 16.0 Å². The van der Waals surface area contributed by atoms with Crippen LogP contribution in [0.4, 0.5) is 18.9 Å². The van der Waals surface area contributed by atoms with Crippen LogP contribution < -0.4 is 10.9 Å². The maximum atomic E-state index is 12.8. The average molecular weight is 385 g/mol. The molecule has 1 aliphatic rings. The molecule has 1 aromatic carbocycles. The fourth-order valence-electron chi connectivity index (χ4n) is 2.75. The Morgan fingerprint density at radius 1 is 1.07 bits per heavy atom. The highest BCUT2D eigenvalue weighted by atomic mass is 19.4. The van der Waals surface area contributed by atoms with E-state index in [1.54, 1.807) is 0 Å². The lowest BCUT2D eigenvalue weighted by Crippen LogP contribution is -2.39. The molecule has 0 radical (unpaired) electrons. The number of hydrogen-bond acceptors (Lipinski definition) is 5. The number of amides is 1. The maximum Gasteiger partial charge on any atom is 0.454 e. The summed E-state index contributed by atoms with van der Waals surface area (Å²) in [6, 6.07) is 5.34. The molecular formula is C17H18F3N3O4. The molecule has 0 unspecified atom stereocenters.